The molecule has 0 saturated heterocycles. The topological polar surface area (TPSA) is 122 Å². The van der Waals surface area contributed by atoms with Crippen molar-refractivity contribution in [2.45, 2.75) is 25.3 Å². The fourth-order valence-corrected chi connectivity index (χ4v) is 2.68. The number of nitrogens with one attached hydrogen (secondary N) is 2. The number of anilines is 1. The summed E-state index contributed by atoms with van der Waals surface area (Å²) in [4.78, 5) is 31.1. The van der Waals surface area contributed by atoms with E-state index in [1.807, 2.05) is 0 Å². The summed E-state index contributed by atoms with van der Waals surface area (Å²) in [6, 6.07) is 2.88. The largest absolute Gasteiger partial charge is 0.481 e. The zero-order valence-corrected chi connectivity index (χ0v) is 12.2. The Morgan fingerprint density at radius 2 is 2.22 bits per heavy atom. The van der Waals surface area contributed by atoms with Gasteiger partial charge in [0.25, 0.3) is 0 Å². The Kier molecular flexibility index (Phi) is 4.18. The third-order valence-electron chi connectivity index (χ3n) is 3.79. The van der Waals surface area contributed by atoms with Crippen LogP contribution in [0.15, 0.2) is 31.0 Å². The van der Waals surface area contributed by atoms with Crippen molar-refractivity contribution in [3.63, 3.8) is 0 Å². The van der Waals surface area contributed by atoms with Crippen molar-refractivity contribution in [3.05, 3.63) is 31.0 Å². The molecule has 2 amide bonds. The number of rotatable bonds is 4. The highest BCUT2D eigenvalue weighted by molar-refractivity contribution is 5.91. The number of carboxylic acid groups (broad SMARTS) is 1. The van der Waals surface area contributed by atoms with Gasteiger partial charge in [-0.25, -0.2) is 19.4 Å². The molecule has 1 aliphatic rings. The molecule has 0 radical (unpaired) electrons. The molecule has 1 aliphatic carbocycles. The van der Waals surface area contributed by atoms with Crippen LogP contribution in [0.5, 0.6) is 0 Å². The van der Waals surface area contributed by atoms with Crippen molar-refractivity contribution in [1.29, 1.82) is 0 Å². The van der Waals surface area contributed by atoms with Crippen LogP contribution in [0.25, 0.3) is 5.82 Å². The van der Waals surface area contributed by atoms with E-state index >= 15 is 0 Å². The van der Waals surface area contributed by atoms with Crippen LogP contribution in [-0.4, -0.2) is 42.9 Å². The van der Waals surface area contributed by atoms with Gasteiger partial charge in [-0.15, -0.1) is 0 Å². The normalized spacial score (nSPS) is 20.2. The molecule has 23 heavy (non-hydrogen) atoms. The summed E-state index contributed by atoms with van der Waals surface area (Å²) in [5.41, 5.74) is 0.489. The summed E-state index contributed by atoms with van der Waals surface area (Å²) in [5, 5.41) is 18.5. The lowest BCUT2D eigenvalue weighted by Crippen LogP contribution is -2.37. The summed E-state index contributed by atoms with van der Waals surface area (Å²) in [6.07, 6.45) is 6.15. The zero-order chi connectivity index (χ0) is 16.2. The Morgan fingerprint density at radius 1 is 1.35 bits per heavy atom. The first-order valence-corrected chi connectivity index (χ1v) is 7.24. The molecule has 1 saturated carbocycles. The number of nitrogens with zero attached hydrogens (tertiary/aromatic N) is 4. The minimum Gasteiger partial charge on any atom is -0.481 e. The third-order valence-corrected chi connectivity index (χ3v) is 3.79. The van der Waals surface area contributed by atoms with Gasteiger partial charge < -0.3 is 15.7 Å². The number of carboxylic acids is 1. The van der Waals surface area contributed by atoms with E-state index in [1.165, 1.54) is 17.3 Å². The van der Waals surface area contributed by atoms with Gasteiger partial charge in [0, 0.05) is 12.2 Å². The van der Waals surface area contributed by atoms with Gasteiger partial charge in [-0.3, -0.25) is 4.79 Å². The highest BCUT2D eigenvalue weighted by Gasteiger charge is 2.30. The summed E-state index contributed by atoms with van der Waals surface area (Å²) < 4.78 is 1.45. The molecule has 1 fully saturated rings. The van der Waals surface area contributed by atoms with E-state index < -0.39 is 12.0 Å². The fraction of sp³-hybridized carbons (Fsp3) is 0.357. The average molecular weight is 316 g/mol. The number of aromatic nitrogens is 4. The van der Waals surface area contributed by atoms with Crippen LogP contribution in [0.2, 0.25) is 0 Å². The molecule has 0 aromatic carbocycles. The van der Waals surface area contributed by atoms with E-state index in [4.69, 9.17) is 5.11 Å². The van der Waals surface area contributed by atoms with Gasteiger partial charge in [0.05, 0.1) is 11.6 Å². The highest BCUT2D eigenvalue weighted by atomic mass is 16.4. The minimum absolute atomic E-state index is 0.136. The molecule has 120 valence electrons. The fourth-order valence-electron chi connectivity index (χ4n) is 2.68. The number of carbonyl (C=O) groups is 2. The molecule has 2 aromatic heterocycles. The predicted molar refractivity (Wildman–Crippen MR) is 80.1 cm³/mol. The summed E-state index contributed by atoms with van der Waals surface area (Å²) >= 11 is 0. The maximum atomic E-state index is 12.1. The second kappa shape index (κ2) is 6.42. The summed E-state index contributed by atoms with van der Waals surface area (Å²) in [7, 11) is 0. The van der Waals surface area contributed by atoms with Crippen LogP contribution >= 0.6 is 0 Å². The molecule has 9 nitrogen and oxygen atoms in total. The Morgan fingerprint density at radius 3 is 2.91 bits per heavy atom. The van der Waals surface area contributed by atoms with E-state index in [9.17, 15) is 9.59 Å². The molecule has 0 aliphatic heterocycles. The van der Waals surface area contributed by atoms with E-state index in [1.54, 1.807) is 18.3 Å². The van der Waals surface area contributed by atoms with Crippen LogP contribution in [0.3, 0.4) is 0 Å². The second-order valence-corrected chi connectivity index (χ2v) is 5.36. The van der Waals surface area contributed by atoms with Gasteiger partial charge in [-0.05, 0) is 31.4 Å². The first kappa shape index (κ1) is 14.9. The number of amides is 2. The Balaban J connectivity index is 1.64. The van der Waals surface area contributed by atoms with Gasteiger partial charge in [0.1, 0.15) is 12.7 Å². The van der Waals surface area contributed by atoms with E-state index in [0.717, 1.165) is 0 Å². The van der Waals surface area contributed by atoms with Crippen molar-refractivity contribution in [2.75, 3.05) is 5.32 Å². The smallest absolute Gasteiger partial charge is 0.319 e. The van der Waals surface area contributed by atoms with Crippen molar-refractivity contribution < 1.29 is 14.7 Å². The number of urea groups is 1. The first-order valence-electron chi connectivity index (χ1n) is 7.24. The number of carbonyl (C=O) groups excluding carboxylic acids is 1. The van der Waals surface area contributed by atoms with Gasteiger partial charge in [-0.2, -0.15) is 5.10 Å². The average Bonchev–Trinajstić information content (AvgIpc) is 3.19. The molecule has 0 bridgehead atoms. The van der Waals surface area contributed by atoms with E-state index in [2.05, 4.69) is 25.7 Å². The SMILES string of the molecule is O=C(Nc1cccnc1-n1cncn1)N[C@H]1CC[C@@H](C(=O)O)C1. The maximum Gasteiger partial charge on any atom is 0.319 e. The molecule has 3 N–H and O–H groups in total. The van der Waals surface area contributed by atoms with Gasteiger partial charge >= 0.3 is 12.0 Å². The van der Waals surface area contributed by atoms with Crippen molar-refractivity contribution >= 4 is 17.7 Å². The molecule has 9 heteroatoms. The first-order chi connectivity index (χ1) is 11.1. The van der Waals surface area contributed by atoms with Crippen LogP contribution in [0.4, 0.5) is 10.5 Å². The molecule has 0 spiro atoms. The minimum atomic E-state index is -0.810. The van der Waals surface area contributed by atoms with Crippen LogP contribution in [-0.2, 0) is 4.79 Å². The standard InChI is InChI=1S/C14H16N6O3/c21-13(22)9-3-4-10(6-9)18-14(23)19-11-2-1-5-16-12(11)20-8-15-7-17-20/h1-2,5,7-10H,3-4,6H2,(H,21,22)(H2,18,19,23)/t9-,10+/m1/s1. The summed E-state index contributed by atoms with van der Waals surface area (Å²) in [6.45, 7) is 0. The Bertz CT molecular complexity index is 702. The van der Waals surface area contributed by atoms with E-state index in [-0.39, 0.29) is 12.0 Å². The van der Waals surface area contributed by atoms with Crippen LogP contribution in [0, 0.1) is 5.92 Å². The number of aliphatic carboxylic acids is 1. The van der Waals surface area contributed by atoms with Crippen molar-refractivity contribution in [1.82, 2.24) is 25.1 Å². The van der Waals surface area contributed by atoms with Gasteiger partial charge in [-0.1, -0.05) is 0 Å². The maximum absolute atomic E-state index is 12.1. The molecule has 3 rings (SSSR count). The number of hydrogen-bond donors (Lipinski definition) is 3. The molecular weight excluding hydrogens is 300 g/mol. The molecular formula is C14H16N6O3. The van der Waals surface area contributed by atoms with Gasteiger partial charge in [0.2, 0.25) is 0 Å². The third kappa shape index (κ3) is 3.44. The lowest BCUT2D eigenvalue weighted by molar-refractivity contribution is -0.141. The second-order valence-electron chi connectivity index (χ2n) is 5.36. The van der Waals surface area contributed by atoms with Gasteiger partial charge in [0.15, 0.2) is 5.82 Å². The zero-order valence-electron chi connectivity index (χ0n) is 12.2. The molecule has 2 aromatic rings. The lowest BCUT2D eigenvalue weighted by Gasteiger charge is -2.14. The molecule has 2 heterocycles. The van der Waals surface area contributed by atoms with Crippen molar-refractivity contribution in [3.8, 4) is 5.82 Å². The Hall–Kier alpha value is -2.97. The van der Waals surface area contributed by atoms with Crippen molar-refractivity contribution in [2.24, 2.45) is 5.92 Å². The highest BCUT2D eigenvalue weighted by Crippen LogP contribution is 2.25. The van der Waals surface area contributed by atoms with E-state index in [0.29, 0.717) is 30.8 Å². The monoisotopic (exact) mass is 316 g/mol. The Labute approximate surface area is 131 Å². The lowest BCUT2D eigenvalue weighted by atomic mass is 10.1. The quantitative estimate of drug-likeness (QED) is 0.774. The number of pyridine rings is 1. The van der Waals surface area contributed by atoms with Crippen LogP contribution < -0.4 is 10.6 Å². The number of hydrogen-bond acceptors (Lipinski definition) is 5. The predicted octanol–water partition coefficient (Wildman–Crippen LogP) is 1.04. The summed E-state index contributed by atoms with van der Waals surface area (Å²) in [5.74, 6) is -0.741. The molecule has 0 unspecified atom stereocenters. The van der Waals surface area contributed by atoms with Crippen LogP contribution in [0.1, 0.15) is 19.3 Å². The molecule has 2 atom stereocenters.